The van der Waals surface area contributed by atoms with E-state index in [1.807, 2.05) is 0 Å². The van der Waals surface area contributed by atoms with Crippen LogP contribution in [0.15, 0.2) is 42.5 Å². The van der Waals surface area contributed by atoms with Gasteiger partial charge in [-0.1, -0.05) is 6.07 Å². The molecule has 0 fully saturated rings. The number of halogens is 3. The highest BCUT2D eigenvalue weighted by molar-refractivity contribution is 7.90. The van der Waals surface area contributed by atoms with Crippen LogP contribution in [-0.2, 0) is 22.8 Å². The van der Waals surface area contributed by atoms with Crippen LogP contribution in [0.4, 0.5) is 24.5 Å². The highest BCUT2D eigenvalue weighted by Crippen LogP contribution is 2.32. The third-order valence-corrected chi connectivity index (χ3v) is 4.97. The molecule has 1 amide bonds. The Morgan fingerprint density at radius 1 is 1.12 bits per heavy atom. The second-order valence-electron chi connectivity index (χ2n) is 5.74. The Kier molecular flexibility index (Phi) is 4.41. The molecular weight excluding hydrogens is 371 g/mol. The van der Waals surface area contributed by atoms with Crippen molar-refractivity contribution < 1.29 is 26.4 Å². The van der Waals surface area contributed by atoms with Gasteiger partial charge in [-0.05, 0) is 48.4 Å². The third-order valence-electron chi connectivity index (χ3n) is 3.98. The summed E-state index contributed by atoms with van der Waals surface area (Å²) in [5, 5.41) is 7.70. The number of alkyl halides is 3. The predicted octanol–water partition coefficient (Wildman–Crippen LogP) is 2.52. The van der Waals surface area contributed by atoms with Crippen molar-refractivity contribution >= 4 is 27.5 Å². The standard InChI is InChI=1S/C16H14F3N3O3S/c17-16(18,19)12-4-1-11(2-5-12)15(23)21-13-6-3-10-7-8-22(14(10)9-13)26(20,24)25/h1-6,9H,7-8H2,(H,21,23)(H2,20,24,25). The topological polar surface area (TPSA) is 92.5 Å². The average molecular weight is 385 g/mol. The predicted molar refractivity (Wildman–Crippen MR) is 90.0 cm³/mol. The molecule has 3 N–H and O–H groups in total. The van der Waals surface area contributed by atoms with Crippen LogP contribution in [-0.4, -0.2) is 20.9 Å². The fourth-order valence-corrected chi connectivity index (χ4v) is 3.50. The first kappa shape index (κ1) is 18.2. The lowest BCUT2D eigenvalue weighted by atomic mass is 10.1. The molecule has 0 saturated carbocycles. The van der Waals surface area contributed by atoms with Crippen LogP contribution in [0, 0.1) is 0 Å². The summed E-state index contributed by atoms with van der Waals surface area (Å²) in [4.78, 5) is 12.2. The SMILES string of the molecule is NS(=O)(=O)N1CCc2ccc(NC(=O)c3ccc(C(F)(F)F)cc3)cc21. The molecule has 1 heterocycles. The van der Waals surface area contributed by atoms with Crippen molar-refractivity contribution in [1.82, 2.24) is 0 Å². The van der Waals surface area contributed by atoms with E-state index in [0.29, 0.717) is 17.8 Å². The van der Waals surface area contributed by atoms with Crippen LogP contribution in [0.5, 0.6) is 0 Å². The highest BCUT2D eigenvalue weighted by Gasteiger charge is 2.30. The Balaban J connectivity index is 1.81. The van der Waals surface area contributed by atoms with Gasteiger partial charge in [-0.15, -0.1) is 0 Å². The summed E-state index contributed by atoms with van der Waals surface area (Å²) in [6.45, 7) is 0.213. The number of rotatable bonds is 3. The summed E-state index contributed by atoms with van der Waals surface area (Å²) in [5.74, 6) is -0.612. The molecule has 1 aliphatic rings. The van der Waals surface area contributed by atoms with E-state index >= 15 is 0 Å². The lowest BCUT2D eigenvalue weighted by molar-refractivity contribution is -0.137. The van der Waals surface area contributed by atoms with E-state index in [0.717, 1.165) is 34.1 Å². The Morgan fingerprint density at radius 2 is 1.77 bits per heavy atom. The van der Waals surface area contributed by atoms with Crippen molar-refractivity contribution in [2.45, 2.75) is 12.6 Å². The minimum atomic E-state index is -4.48. The molecule has 0 unspecified atom stereocenters. The van der Waals surface area contributed by atoms with E-state index in [9.17, 15) is 26.4 Å². The summed E-state index contributed by atoms with van der Waals surface area (Å²) in [6.07, 6.45) is -3.98. The van der Waals surface area contributed by atoms with Gasteiger partial charge in [0, 0.05) is 17.8 Å². The fraction of sp³-hybridized carbons (Fsp3) is 0.188. The van der Waals surface area contributed by atoms with Gasteiger partial charge in [-0.3, -0.25) is 9.10 Å². The summed E-state index contributed by atoms with van der Waals surface area (Å²) in [5.41, 5.74) is 0.644. The molecule has 0 aromatic heterocycles. The monoisotopic (exact) mass is 385 g/mol. The normalized spacial score (nSPS) is 14.2. The molecule has 3 rings (SSSR count). The number of carbonyl (C=O) groups is 1. The zero-order valence-corrected chi connectivity index (χ0v) is 14.1. The number of amides is 1. The van der Waals surface area contributed by atoms with Gasteiger partial charge in [0.15, 0.2) is 0 Å². The number of fused-ring (bicyclic) bond motifs is 1. The van der Waals surface area contributed by atoms with Gasteiger partial charge in [-0.2, -0.15) is 21.6 Å². The highest BCUT2D eigenvalue weighted by atomic mass is 32.2. The van der Waals surface area contributed by atoms with Crippen LogP contribution in [0.2, 0.25) is 0 Å². The quantitative estimate of drug-likeness (QED) is 0.850. The van der Waals surface area contributed by atoms with Gasteiger partial charge >= 0.3 is 6.18 Å². The number of carbonyl (C=O) groups excluding carboxylic acids is 1. The van der Waals surface area contributed by atoms with Crippen molar-refractivity contribution in [3.8, 4) is 0 Å². The summed E-state index contributed by atoms with van der Waals surface area (Å²) in [7, 11) is -3.92. The first-order valence-electron chi connectivity index (χ1n) is 7.48. The lowest BCUT2D eigenvalue weighted by Crippen LogP contribution is -2.35. The van der Waals surface area contributed by atoms with Gasteiger partial charge in [0.1, 0.15) is 0 Å². The molecule has 0 bridgehead atoms. The van der Waals surface area contributed by atoms with E-state index in [1.165, 1.54) is 6.07 Å². The molecule has 0 saturated heterocycles. The second-order valence-corrected chi connectivity index (χ2v) is 7.21. The lowest BCUT2D eigenvalue weighted by Gasteiger charge is -2.16. The second kappa shape index (κ2) is 6.29. The number of nitrogens with two attached hydrogens (primary N) is 1. The zero-order valence-electron chi connectivity index (χ0n) is 13.2. The van der Waals surface area contributed by atoms with Gasteiger partial charge in [0.05, 0.1) is 11.3 Å². The Bertz CT molecular complexity index is 957. The maximum Gasteiger partial charge on any atom is 0.416 e. The van der Waals surface area contributed by atoms with Gasteiger partial charge in [-0.25, -0.2) is 5.14 Å². The molecule has 2 aromatic carbocycles. The minimum absolute atomic E-state index is 0.0433. The number of anilines is 2. The van der Waals surface area contributed by atoms with E-state index in [1.54, 1.807) is 12.1 Å². The molecule has 0 radical (unpaired) electrons. The van der Waals surface area contributed by atoms with Gasteiger partial charge in [0.2, 0.25) is 0 Å². The maximum absolute atomic E-state index is 12.6. The summed E-state index contributed by atoms with van der Waals surface area (Å²) in [6, 6.07) is 8.51. The number of hydrogen-bond donors (Lipinski definition) is 2. The van der Waals surface area contributed by atoms with Crippen LogP contribution in [0.3, 0.4) is 0 Å². The average Bonchev–Trinajstić information content (AvgIpc) is 2.97. The molecule has 0 atom stereocenters. The van der Waals surface area contributed by atoms with Crippen LogP contribution in [0.1, 0.15) is 21.5 Å². The largest absolute Gasteiger partial charge is 0.416 e. The molecule has 26 heavy (non-hydrogen) atoms. The van der Waals surface area contributed by atoms with Crippen LogP contribution in [0.25, 0.3) is 0 Å². The van der Waals surface area contributed by atoms with Crippen LogP contribution < -0.4 is 14.8 Å². The van der Waals surface area contributed by atoms with E-state index in [4.69, 9.17) is 5.14 Å². The van der Waals surface area contributed by atoms with Crippen molar-refractivity contribution in [2.24, 2.45) is 5.14 Å². The van der Waals surface area contributed by atoms with Crippen molar-refractivity contribution in [1.29, 1.82) is 0 Å². The number of hydrogen-bond acceptors (Lipinski definition) is 3. The number of nitrogens with one attached hydrogen (secondary N) is 1. The van der Waals surface area contributed by atoms with Crippen molar-refractivity contribution in [3.63, 3.8) is 0 Å². The summed E-state index contributed by atoms with van der Waals surface area (Å²) < 4.78 is 61.9. The first-order chi connectivity index (χ1) is 12.1. The molecule has 0 aliphatic carbocycles. The van der Waals surface area contributed by atoms with Gasteiger partial charge in [0.25, 0.3) is 16.1 Å². The zero-order chi connectivity index (χ0) is 19.1. The van der Waals surface area contributed by atoms with E-state index in [-0.39, 0.29) is 12.1 Å². The Morgan fingerprint density at radius 3 is 2.35 bits per heavy atom. The third kappa shape index (κ3) is 3.65. The fourth-order valence-electron chi connectivity index (χ4n) is 2.71. The Hall–Kier alpha value is -2.59. The molecule has 0 spiro atoms. The smallest absolute Gasteiger partial charge is 0.322 e. The van der Waals surface area contributed by atoms with Crippen molar-refractivity contribution in [2.75, 3.05) is 16.2 Å². The van der Waals surface area contributed by atoms with E-state index < -0.39 is 27.9 Å². The maximum atomic E-state index is 12.6. The Labute approximate surface area is 147 Å². The molecular formula is C16H14F3N3O3S. The van der Waals surface area contributed by atoms with Gasteiger partial charge < -0.3 is 5.32 Å². The number of benzene rings is 2. The van der Waals surface area contributed by atoms with E-state index in [2.05, 4.69) is 5.32 Å². The van der Waals surface area contributed by atoms with Crippen molar-refractivity contribution in [3.05, 3.63) is 59.2 Å². The summed E-state index contributed by atoms with van der Waals surface area (Å²) >= 11 is 0. The molecule has 138 valence electrons. The van der Waals surface area contributed by atoms with Crippen LogP contribution >= 0.6 is 0 Å². The molecule has 2 aromatic rings. The molecule has 10 heteroatoms. The molecule has 1 aliphatic heterocycles. The number of nitrogens with zero attached hydrogens (tertiary/aromatic N) is 1. The first-order valence-corrected chi connectivity index (χ1v) is 8.98. The molecule has 6 nitrogen and oxygen atoms in total. The minimum Gasteiger partial charge on any atom is -0.322 e.